The normalized spacial score (nSPS) is 25.5. The predicted molar refractivity (Wildman–Crippen MR) is 81.1 cm³/mol. The molecule has 1 fully saturated rings. The van der Waals surface area contributed by atoms with Crippen LogP contribution >= 0.6 is 22.9 Å². The minimum absolute atomic E-state index is 0.0198. The first-order valence-corrected chi connectivity index (χ1v) is 8.32. The zero-order chi connectivity index (χ0) is 13.4. The van der Waals surface area contributed by atoms with Crippen molar-refractivity contribution in [1.82, 2.24) is 0 Å². The van der Waals surface area contributed by atoms with Crippen molar-refractivity contribution >= 4 is 39.5 Å². The van der Waals surface area contributed by atoms with Crippen LogP contribution in [-0.2, 0) is 11.2 Å². The van der Waals surface area contributed by atoms with Gasteiger partial charge in [0.1, 0.15) is 10.9 Å². The molecule has 3 rings (SSSR count). The monoisotopic (exact) mass is 298 g/mol. The van der Waals surface area contributed by atoms with E-state index in [0.717, 1.165) is 23.0 Å². The van der Waals surface area contributed by atoms with Gasteiger partial charge < -0.3 is 11.1 Å². The van der Waals surface area contributed by atoms with Crippen LogP contribution in [0.5, 0.6) is 0 Å². The summed E-state index contributed by atoms with van der Waals surface area (Å²) in [5.74, 6) is 1.31. The first-order valence-electron chi connectivity index (χ1n) is 6.97. The highest BCUT2D eigenvalue weighted by molar-refractivity contribution is 7.17. The maximum absolute atomic E-state index is 11.4. The number of nitrogen functional groups attached to an aromatic ring is 1. The molecule has 1 amide bonds. The van der Waals surface area contributed by atoms with Crippen molar-refractivity contribution < 1.29 is 4.79 Å². The number of nitrogens with two attached hydrogens (primary N) is 1. The second-order valence-electron chi connectivity index (χ2n) is 5.56. The number of thiophene rings is 1. The van der Waals surface area contributed by atoms with Crippen LogP contribution in [0.2, 0.25) is 0 Å². The van der Waals surface area contributed by atoms with Gasteiger partial charge in [-0.05, 0) is 43.1 Å². The molecular weight excluding hydrogens is 280 g/mol. The fourth-order valence-corrected chi connectivity index (χ4v) is 5.02. The highest BCUT2D eigenvalue weighted by Crippen LogP contribution is 2.51. The first kappa shape index (κ1) is 13.3. The van der Waals surface area contributed by atoms with Crippen molar-refractivity contribution in [3.63, 3.8) is 0 Å². The summed E-state index contributed by atoms with van der Waals surface area (Å²) in [6.45, 7) is 0. The summed E-state index contributed by atoms with van der Waals surface area (Å²) in [6.07, 6.45) is 7.64. The summed E-state index contributed by atoms with van der Waals surface area (Å²) in [6, 6.07) is 0. The summed E-state index contributed by atoms with van der Waals surface area (Å²) in [5.41, 5.74) is 8.27. The Morgan fingerprint density at radius 3 is 2.95 bits per heavy atom. The number of fused-ring (bicyclic) bond motifs is 3. The molecule has 1 saturated carbocycles. The maximum atomic E-state index is 11.4. The van der Waals surface area contributed by atoms with E-state index in [2.05, 4.69) is 5.32 Å². The predicted octanol–water partition coefficient (Wildman–Crippen LogP) is 3.73. The first-order chi connectivity index (χ1) is 9.20. The van der Waals surface area contributed by atoms with Crippen LogP contribution in [0.4, 0.5) is 10.7 Å². The SMILES string of the molecule is Nc1c(NC(=O)CCl)sc2c1CCC1CCCCC21. The van der Waals surface area contributed by atoms with Gasteiger partial charge >= 0.3 is 0 Å². The zero-order valence-electron chi connectivity index (χ0n) is 10.9. The lowest BCUT2D eigenvalue weighted by Gasteiger charge is -2.35. The molecular formula is C14H19ClN2OS. The highest BCUT2D eigenvalue weighted by Gasteiger charge is 2.35. The van der Waals surface area contributed by atoms with Gasteiger partial charge in [0.25, 0.3) is 0 Å². The number of nitrogens with one attached hydrogen (secondary N) is 1. The summed E-state index contributed by atoms with van der Waals surface area (Å²) in [5, 5.41) is 3.64. The molecule has 2 atom stereocenters. The third kappa shape index (κ3) is 2.36. The Kier molecular flexibility index (Phi) is 3.72. The molecule has 0 bridgehead atoms. The number of hydrogen-bond acceptors (Lipinski definition) is 3. The van der Waals surface area contributed by atoms with Crippen LogP contribution in [0.15, 0.2) is 0 Å². The van der Waals surface area contributed by atoms with Crippen LogP contribution in [-0.4, -0.2) is 11.8 Å². The second kappa shape index (κ2) is 5.33. The van der Waals surface area contributed by atoms with Crippen molar-refractivity contribution in [2.75, 3.05) is 16.9 Å². The van der Waals surface area contributed by atoms with E-state index in [-0.39, 0.29) is 11.8 Å². The largest absolute Gasteiger partial charge is 0.396 e. The Labute approximate surface area is 122 Å². The number of carbonyl (C=O) groups is 1. The molecule has 104 valence electrons. The van der Waals surface area contributed by atoms with Gasteiger partial charge in [0.05, 0.1) is 5.69 Å². The number of carbonyl (C=O) groups excluding carboxylic acids is 1. The Morgan fingerprint density at radius 2 is 2.16 bits per heavy atom. The van der Waals surface area contributed by atoms with Crippen LogP contribution in [0.25, 0.3) is 0 Å². The fourth-order valence-electron chi connectivity index (χ4n) is 3.53. The Bertz CT molecular complexity index is 500. The minimum atomic E-state index is -0.174. The van der Waals surface area contributed by atoms with Crippen LogP contribution in [0, 0.1) is 5.92 Å². The fraction of sp³-hybridized carbons (Fsp3) is 0.643. The lowest BCUT2D eigenvalue weighted by atomic mass is 9.71. The van der Waals surface area contributed by atoms with E-state index in [9.17, 15) is 4.79 Å². The highest BCUT2D eigenvalue weighted by atomic mass is 35.5. The molecule has 2 unspecified atom stereocenters. The lowest BCUT2D eigenvalue weighted by molar-refractivity contribution is -0.113. The lowest BCUT2D eigenvalue weighted by Crippen LogP contribution is -2.22. The molecule has 2 aliphatic rings. The van der Waals surface area contributed by atoms with Gasteiger partial charge in [0.15, 0.2) is 0 Å². The molecule has 0 spiro atoms. The molecule has 1 aromatic rings. The summed E-state index contributed by atoms with van der Waals surface area (Å²) < 4.78 is 0. The number of halogens is 1. The average molecular weight is 299 g/mol. The van der Waals surface area contributed by atoms with E-state index in [4.69, 9.17) is 17.3 Å². The molecule has 0 aliphatic heterocycles. The van der Waals surface area contributed by atoms with Crippen molar-refractivity contribution in [3.05, 3.63) is 10.4 Å². The van der Waals surface area contributed by atoms with Crippen molar-refractivity contribution in [2.45, 2.75) is 44.4 Å². The van der Waals surface area contributed by atoms with Crippen LogP contribution < -0.4 is 11.1 Å². The quantitative estimate of drug-likeness (QED) is 0.818. The van der Waals surface area contributed by atoms with Gasteiger partial charge in [0, 0.05) is 4.88 Å². The molecule has 5 heteroatoms. The van der Waals surface area contributed by atoms with Gasteiger partial charge in [-0.2, -0.15) is 0 Å². The van der Waals surface area contributed by atoms with Gasteiger partial charge in [-0.25, -0.2) is 0 Å². The molecule has 1 aromatic heterocycles. The van der Waals surface area contributed by atoms with Gasteiger partial charge in [-0.3, -0.25) is 4.79 Å². The van der Waals surface area contributed by atoms with Crippen LogP contribution in [0.3, 0.4) is 0 Å². The van der Waals surface area contributed by atoms with E-state index < -0.39 is 0 Å². The molecule has 2 aliphatic carbocycles. The Balaban J connectivity index is 1.91. The third-order valence-corrected chi connectivity index (χ3v) is 6.00. The van der Waals surface area contributed by atoms with Gasteiger partial charge in [-0.1, -0.05) is 12.8 Å². The molecule has 1 heterocycles. The van der Waals surface area contributed by atoms with E-state index in [1.54, 1.807) is 11.3 Å². The summed E-state index contributed by atoms with van der Waals surface area (Å²) in [7, 11) is 0. The van der Waals surface area contributed by atoms with Crippen molar-refractivity contribution in [3.8, 4) is 0 Å². The minimum Gasteiger partial charge on any atom is -0.396 e. The number of amides is 1. The number of rotatable bonds is 2. The zero-order valence-corrected chi connectivity index (χ0v) is 12.4. The Hall–Kier alpha value is -0.740. The third-order valence-electron chi connectivity index (χ3n) is 4.46. The average Bonchev–Trinajstić information content (AvgIpc) is 2.76. The van der Waals surface area contributed by atoms with Gasteiger partial charge in [-0.15, -0.1) is 22.9 Å². The smallest absolute Gasteiger partial charge is 0.239 e. The molecule has 0 saturated heterocycles. The Morgan fingerprint density at radius 1 is 1.37 bits per heavy atom. The number of anilines is 2. The van der Waals surface area contributed by atoms with Crippen LogP contribution in [0.1, 0.15) is 48.5 Å². The molecule has 0 aromatic carbocycles. The van der Waals surface area contributed by atoms with E-state index in [1.807, 2.05) is 0 Å². The van der Waals surface area contributed by atoms with Gasteiger partial charge in [0.2, 0.25) is 5.91 Å². The van der Waals surface area contributed by atoms with E-state index >= 15 is 0 Å². The van der Waals surface area contributed by atoms with Crippen molar-refractivity contribution in [2.24, 2.45) is 5.92 Å². The summed E-state index contributed by atoms with van der Waals surface area (Å²) in [4.78, 5) is 12.9. The standard InChI is InChI=1S/C14H19ClN2OS/c15-7-11(18)17-14-12(16)10-6-5-8-3-1-2-4-9(8)13(10)19-14/h8-9H,1-7,16H2,(H,17,18). The van der Waals surface area contributed by atoms with E-state index in [1.165, 1.54) is 42.5 Å². The topological polar surface area (TPSA) is 55.1 Å². The number of hydrogen-bond donors (Lipinski definition) is 2. The molecule has 19 heavy (non-hydrogen) atoms. The van der Waals surface area contributed by atoms with E-state index in [0.29, 0.717) is 5.92 Å². The second-order valence-corrected chi connectivity index (χ2v) is 6.88. The summed E-state index contributed by atoms with van der Waals surface area (Å²) >= 11 is 7.22. The maximum Gasteiger partial charge on any atom is 0.239 e. The number of alkyl halides is 1. The molecule has 0 radical (unpaired) electrons. The molecule has 3 nitrogen and oxygen atoms in total. The van der Waals surface area contributed by atoms with Crippen molar-refractivity contribution in [1.29, 1.82) is 0 Å². The molecule has 3 N–H and O–H groups in total.